The van der Waals surface area contributed by atoms with E-state index >= 15 is 0 Å². The van der Waals surface area contributed by atoms with E-state index in [0.29, 0.717) is 24.3 Å². The average Bonchev–Trinajstić information content (AvgIpc) is 2.56. The van der Waals surface area contributed by atoms with E-state index in [9.17, 15) is 13.6 Å². The lowest BCUT2D eigenvalue weighted by Gasteiger charge is -2.21. The van der Waals surface area contributed by atoms with Gasteiger partial charge in [0.2, 0.25) is 0 Å². The maximum atomic E-state index is 13.3. The summed E-state index contributed by atoms with van der Waals surface area (Å²) in [6, 6.07) is 10.9. The van der Waals surface area contributed by atoms with E-state index < -0.39 is 11.6 Å². The van der Waals surface area contributed by atoms with Crippen LogP contribution in [0.1, 0.15) is 28.4 Å². The molecule has 0 unspecified atom stereocenters. The van der Waals surface area contributed by atoms with Crippen molar-refractivity contribution in [3.63, 3.8) is 0 Å². The molecule has 5 heteroatoms. The largest absolute Gasteiger partial charge is 0.380 e. The number of rotatable bonds is 6. The number of methoxy groups -OCH3 is 1. The van der Waals surface area contributed by atoms with Crippen molar-refractivity contribution in [2.45, 2.75) is 20.1 Å². The number of carbonyl (C=O) groups excluding carboxylic acids is 1. The van der Waals surface area contributed by atoms with Crippen molar-refractivity contribution in [3.8, 4) is 0 Å². The van der Waals surface area contributed by atoms with E-state index in [1.165, 1.54) is 6.07 Å². The molecule has 2 aromatic rings. The van der Waals surface area contributed by atoms with E-state index in [1.54, 1.807) is 30.2 Å². The smallest absolute Gasteiger partial charge is 0.254 e. The van der Waals surface area contributed by atoms with Gasteiger partial charge in [-0.2, -0.15) is 0 Å². The molecule has 0 N–H and O–H groups in total. The zero-order chi connectivity index (χ0) is 16.8. The van der Waals surface area contributed by atoms with Gasteiger partial charge >= 0.3 is 0 Å². The van der Waals surface area contributed by atoms with Crippen molar-refractivity contribution in [1.82, 2.24) is 4.90 Å². The Balaban J connectivity index is 2.17. The molecule has 23 heavy (non-hydrogen) atoms. The Labute approximate surface area is 134 Å². The van der Waals surface area contributed by atoms with Crippen LogP contribution in [0.2, 0.25) is 0 Å². The van der Waals surface area contributed by atoms with Gasteiger partial charge in [0, 0.05) is 25.8 Å². The van der Waals surface area contributed by atoms with Crippen LogP contribution in [-0.4, -0.2) is 24.5 Å². The molecule has 0 aliphatic heterocycles. The number of halogens is 2. The van der Waals surface area contributed by atoms with E-state index in [-0.39, 0.29) is 12.5 Å². The molecule has 0 saturated carbocycles. The SMILES string of the molecule is CCN(Cc1ccc(F)c(F)c1)C(=O)c1cccc(COC)c1. The molecule has 3 nitrogen and oxygen atoms in total. The topological polar surface area (TPSA) is 29.5 Å². The quantitative estimate of drug-likeness (QED) is 0.811. The molecule has 2 aromatic carbocycles. The Hall–Kier alpha value is -2.27. The third-order valence-corrected chi connectivity index (χ3v) is 3.51. The second kappa shape index (κ2) is 7.83. The summed E-state index contributed by atoms with van der Waals surface area (Å²) < 4.78 is 31.4. The Morgan fingerprint density at radius 3 is 2.52 bits per heavy atom. The Morgan fingerprint density at radius 1 is 1.09 bits per heavy atom. The maximum Gasteiger partial charge on any atom is 0.254 e. The lowest BCUT2D eigenvalue weighted by molar-refractivity contribution is 0.0752. The molecular weight excluding hydrogens is 300 g/mol. The van der Waals surface area contributed by atoms with Crippen LogP contribution in [0.25, 0.3) is 0 Å². The first-order chi connectivity index (χ1) is 11.0. The fourth-order valence-electron chi connectivity index (χ4n) is 2.33. The van der Waals surface area contributed by atoms with Crippen LogP contribution in [-0.2, 0) is 17.9 Å². The van der Waals surface area contributed by atoms with Crippen molar-refractivity contribution in [3.05, 3.63) is 70.8 Å². The van der Waals surface area contributed by atoms with Crippen LogP contribution in [0.15, 0.2) is 42.5 Å². The summed E-state index contributed by atoms with van der Waals surface area (Å²) in [5.74, 6) is -1.96. The van der Waals surface area contributed by atoms with E-state index in [4.69, 9.17) is 4.74 Å². The molecule has 0 saturated heterocycles. The second-order valence-electron chi connectivity index (χ2n) is 5.20. The highest BCUT2D eigenvalue weighted by Gasteiger charge is 2.15. The summed E-state index contributed by atoms with van der Waals surface area (Å²) in [5, 5.41) is 0. The monoisotopic (exact) mass is 319 g/mol. The van der Waals surface area contributed by atoms with E-state index in [0.717, 1.165) is 17.7 Å². The number of hydrogen-bond donors (Lipinski definition) is 0. The number of benzene rings is 2. The van der Waals surface area contributed by atoms with Gasteiger partial charge in [-0.25, -0.2) is 8.78 Å². The maximum absolute atomic E-state index is 13.3. The van der Waals surface area contributed by atoms with Gasteiger partial charge in [-0.05, 0) is 42.3 Å². The molecule has 0 atom stereocenters. The first kappa shape index (κ1) is 17.1. The number of amides is 1. The highest BCUT2D eigenvalue weighted by atomic mass is 19.2. The first-order valence-electron chi connectivity index (χ1n) is 7.36. The zero-order valence-electron chi connectivity index (χ0n) is 13.2. The van der Waals surface area contributed by atoms with E-state index in [1.807, 2.05) is 13.0 Å². The van der Waals surface area contributed by atoms with Crippen LogP contribution in [0.5, 0.6) is 0 Å². The van der Waals surface area contributed by atoms with Gasteiger partial charge < -0.3 is 9.64 Å². The summed E-state index contributed by atoms with van der Waals surface area (Å²) in [4.78, 5) is 14.2. The zero-order valence-corrected chi connectivity index (χ0v) is 13.2. The summed E-state index contributed by atoms with van der Waals surface area (Å²) in [5.41, 5.74) is 2.00. The molecule has 1 amide bonds. The number of ether oxygens (including phenoxy) is 1. The first-order valence-corrected chi connectivity index (χ1v) is 7.36. The van der Waals surface area contributed by atoms with Gasteiger partial charge in [0.25, 0.3) is 5.91 Å². The standard InChI is InChI=1S/C18H19F2NO2/c1-3-21(11-13-7-8-16(19)17(20)10-13)18(22)15-6-4-5-14(9-15)12-23-2/h4-10H,3,11-12H2,1-2H3. The highest BCUT2D eigenvalue weighted by Crippen LogP contribution is 2.14. The fraction of sp³-hybridized carbons (Fsp3) is 0.278. The van der Waals surface area contributed by atoms with Gasteiger partial charge in [0.05, 0.1) is 6.61 Å². The summed E-state index contributed by atoms with van der Waals surface area (Å²) >= 11 is 0. The normalized spacial score (nSPS) is 10.6. The predicted octanol–water partition coefficient (Wildman–Crippen LogP) is 3.77. The molecule has 0 radical (unpaired) electrons. The lowest BCUT2D eigenvalue weighted by Crippen LogP contribution is -2.30. The molecule has 2 rings (SSSR count). The molecular formula is C18H19F2NO2. The Kier molecular flexibility index (Phi) is 5.82. The Bertz CT molecular complexity index is 688. The average molecular weight is 319 g/mol. The molecule has 0 spiro atoms. The highest BCUT2D eigenvalue weighted by molar-refractivity contribution is 5.94. The fourth-order valence-corrected chi connectivity index (χ4v) is 2.33. The predicted molar refractivity (Wildman–Crippen MR) is 83.9 cm³/mol. The third-order valence-electron chi connectivity index (χ3n) is 3.51. The van der Waals surface area contributed by atoms with E-state index in [2.05, 4.69) is 0 Å². The van der Waals surface area contributed by atoms with Crippen LogP contribution >= 0.6 is 0 Å². The van der Waals surface area contributed by atoms with Gasteiger partial charge in [0.1, 0.15) is 0 Å². The summed E-state index contributed by atoms with van der Waals surface area (Å²) in [6.07, 6.45) is 0. The minimum Gasteiger partial charge on any atom is -0.380 e. The van der Waals surface area contributed by atoms with Gasteiger partial charge in [-0.1, -0.05) is 18.2 Å². The van der Waals surface area contributed by atoms with Crippen molar-refractivity contribution < 1.29 is 18.3 Å². The second-order valence-corrected chi connectivity index (χ2v) is 5.20. The van der Waals surface area contributed by atoms with Gasteiger partial charge in [-0.3, -0.25) is 4.79 Å². The molecule has 0 bridgehead atoms. The van der Waals surface area contributed by atoms with Crippen LogP contribution in [0, 0.1) is 11.6 Å². The molecule has 0 aliphatic carbocycles. The molecule has 0 aliphatic rings. The van der Waals surface area contributed by atoms with Crippen molar-refractivity contribution in [2.75, 3.05) is 13.7 Å². The third kappa shape index (κ3) is 4.36. The van der Waals surface area contributed by atoms with Crippen LogP contribution in [0.3, 0.4) is 0 Å². The molecule has 0 aromatic heterocycles. The van der Waals surface area contributed by atoms with Crippen molar-refractivity contribution in [2.24, 2.45) is 0 Å². The Morgan fingerprint density at radius 2 is 1.87 bits per heavy atom. The number of carbonyl (C=O) groups is 1. The number of nitrogens with zero attached hydrogens (tertiary/aromatic N) is 1. The van der Waals surface area contributed by atoms with Crippen molar-refractivity contribution in [1.29, 1.82) is 0 Å². The van der Waals surface area contributed by atoms with Crippen LogP contribution in [0.4, 0.5) is 8.78 Å². The summed E-state index contributed by atoms with van der Waals surface area (Å²) in [7, 11) is 1.59. The minimum absolute atomic E-state index is 0.157. The summed E-state index contributed by atoms with van der Waals surface area (Å²) in [6.45, 7) is 2.96. The lowest BCUT2D eigenvalue weighted by atomic mass is 10.1. The molecule has 122 valence electrons. The number of hydrogen-bond acceptors (Lipinski definition) is 2. The molecule has 0 heterocycles. The van der Waals surface area contributed by atoms with Crippen LogP contribution < -0.4 is 0 Å². The van der Waals surface area contributed by atoms with Crippen molar-refractivity contribution >= 4 is 5.91 Å². The minimum atomic E-state index is -0.909. The molecule has 0 fully saturated rings. The van der Waals surface area contributed by atoms with Gasteiger partial charge in [0.15, 0.2) is 11.6 Å². The van der Waals surface area contributed by atoms with Gasteiger partial charge in [-0.15, -0.1) is 0 Å².